The Bertz CT molecular complexity index is 441. The van der Waals surface area contributed by atoms with Crippen molar-refractivity contribution >= 4 is 11.6 Å². The Morgan fingerprint density at radius 3 is 2.52 bits per heavy atom. The molecule has 1 atom stereocenters. The van der Waals surface area contributed by atoms with Crippen molar-refractivity contribution in [2.45, 2.75) is 44.7 Å². The molecule has 1 aliphatic rings. The van der Waals surface area contributed by atoms with Crippen molar-refractivity contribution in [3.8, 4) is 0 Å². The highest BCUT2D eigenvalue weighted by molar-refractivity contribution is 5.81. The van der Waals surface area contributed by atoms with Gasteiger partial charge < -0.3 is 15.5 Å². The minimum Gasteiger partial charge on any atom is -0.371 e. The van der Waals surface area contributed by atoms with E-state index in [9.17, 15) is 4.79 Å². The van der Waals surface area contributed by atoms with Crippen LogP contribution in [0.3, 0.4) is 0 Å². The second kappa shape index (κ2) is 7.46. The van der Waals surface area contributed by atoms with E-state index in [1.807, 2.05) is 11.0 Å². The largest absolute Gasteiger partial charge is 0.371 e. The lowest BCUT2D eigenvalue weighted by Gasteiger charge is -2.38. The fraction of sp³-hybridized carbons (Fsp3) is 0.588. The summed E-state index contributed by atoms with van der Waals surface area (Å²) in [5.41, 5.74) is 7.18. The van der Waals surface area contributed by atoms with Crippen LogP contribution in [0.5, 0.6) is 0 Å². The Kier molecular flexibility index (Phi) is 5.62. The van der Waals surface area contributed by atoms with Gasteiger partial charge in [0.25, 0.3) is 0 Å². The van der Waals surface area contributed by atoms with Gasteiger partial charge in [-0.1, -0.05) is 31.5 Å². The highest BCUT2D eigenvalue weighted by atomic mass is 16.2. The van der Waals surface area contributed by atoms with Gasteiger partial charge in [-0.15, -0.1) is 0 Å². The molecular weight excluding hydrogens is 262 g/mol. The van der Waals surface area contributed by atoms with Crippen LogP contribution in [-0.4, -0.2) is 43.0 Å². The second-order valence-electron chi connectivity index (χ2n) is 5.90. The second-order valence-corrected chi connectivity index (χ2v) is 5.90. The average molecular weight is 289 g/mol. The van der Waals surface area contributed by atoms with Gasteiger partial charge in [0.15, 0.2) is 0 Å². The van der Waals surface area contributed by atoms with Crippen molar-refractivity contribution in [1.29, 1.82) is 0 Å². The molecule has 21 heavy (non-hydrogen) atoms. The van der Waals surface area contributed by atoms with Gasteiger partial charge >= 0.3 is 0 Å². The maximum absolute atomic E-state index is 12.2. The molecule has 1 saturated heterocycles. The molecule has 0 radical (unpaired) electrons. The highest BCUT2D eigenvalue weighted by Gasteiger charge is 2.27. The Morgan fingerprint density at radius 1 is 1.33 bits per heavy atom. The topological polar surface area (TPSA) is 49.6 Å². The summed E-state index contributed by atoms with van der Waals surface area (Å²) in [7, 11) is 2.14. The molecule has 116 valence electrons. The molecule has 1 heterocycles. The number of hydrogen-bond donors (Lipinski definition) is 1. The van der Waals surface area contributed by atoms with Crippen LogP contribution >= 0.6 is 0 Å². The van der Waals surface area contributed by atoms with Gasteiger partial charge in [0.2, 0.25) is 5.91 Å². The van der Waals surface area contributed by atoms with Crippen LogP contribution in [0.2, 0.25) is 0 Å². The highest BCUT2D eigenvalue weighted by Crippen LogP contribution is 2.22. The van der Waals surface area contributed by atoms with Crippen molar-refractivity contribution in [2.24, 2.45) is 5.73 Å². The summed E-state index contributed by atoms with van der Waals surface area (Å²) in [6.07, 6.45) is 3.76. The third-order valence-corrected chi connectivity index (χ3v) is 4.40. The number of hydrogen-bond acceptors (Lipinski definition) is 3. The zero-order valence-electron chi connectivity index (χ0n) is 13.2. The van der Waals surface area contributed by atoms with Crippen LogP contribution in [0, 0.1) is 0 Å². The van der Waals surface area contributed by atoms with Crippen molar-refractivity contribution in [2.75, 3.05) is 25.0 Å². The number of anilines is 1. The molecule has 0 bridgehead atoms. The summed E-state index contributed by atoms with van der Waals surface area (Å²) in [5, 5.41) is 0. The first kappa shape index (κ1) is 15.8. The van der Waals surface area contributed by atoms with E-state index in [0.29, 0.717) is 6.04 Å². The molecule has 2 N–H and O–H groups in total. The van der Waals surface area contributed by atoms with Crippen LogP contribution in [0.15, 0.2) is 30.3 Å². The van der Waals surface area contributed by atoms with Crippen LogP contribution < -0.4 is 10.6 Å². The van der Waals surface area contributed by atoms with E-state index in [1.165, 1.54) is 5.69 Å². The summed E-state index contributed by atoms with van der Waals surface area (Å²) < 4.78 is 0. The Hall–Kier alpha value is -1.55. The average Bonchev–Trinajstić information content (AvgIpc) is 2.54. The zero-order valence-corrected chi connectivity index (χ0v) is 13.2. The summed E-state index contributed by atoms with van der Waals surface area (Å²) in [6, 6.07) is 10.6. The van der Waals surface area contributed by atoms with E-state index in [4.69, 9.17) is 5.73 Å². The van der Waals surface area contributed by atoms with Crippen molar-refractivity contribution in [1.82, 2.24) is 4.90 Å². The summed E-state index contributed by atoms with van der Waals surface area (Å²) in [5.74, 6) is 0.123. The molecule has 0 spiro atoms. The zero-order chi connectivity index (χ0) is 15.2. The lowest BCUT2D eigenvalue weighted by atomic mass is 10.0. The van der Waals surface area contributed by atoms with Gasteiger partial charge in [-0.05, 0) is 31.4 Å². The molecule has 2 rings (SSSR count). The van der Waals surface area contributed by atoms with Crippen LogP contribution in [0.1, 0.15) is 32.6 Å². The number of rotatable bonds is 5. The maximum atomic E-state index is 12.2. The van der Waals surface area contributed by atoms with Gasteiger partial charge in [0.1, 0.15) is 0 Å². The van der Waals surface area contributed by atoms with Crippen LogP contribution in [-0.2, 0) is 4.79 Å². The Balaban J connectivity index is 1.87. The molecule has 0 aliphatic carbocycles. The lowest BCUT2D eigenvalue weighted by molar-refractivity contribution is -0.133. The summed E-state index contributed by atoms with van der Waals surface area (Å²) in [6.45, 7) is 3.70. The number of nitrogens with zero attached hydrogens (tertiary/aromatic N) is 2. The minimum absolute atomic E-state index is 0.123. The Labute approximate surface area is 127 Å². The maximum Gasteiger partial charge on any atom is 0.239 e. The Morgan fingerprint density at radius 2 is 1.95 bits per heavy atom. The first-order chi connectivity index (χ1) is 10.1. The van der Waals surface area contributed by atoms with E-state index in [2.05, 4.69) is 43.1 Å². The number of carbonyl (C=O) groups is 1. The summed E-state index contributed by atoms with van der Waals surface area (Å²) >= 11 is 0. The van der Waals surface area contributed by atoms with Gasteiger partial charge in [0.05, 0.1) is 6.04 Å². The molecule has 4 heteroatoms. The molecular formula is C17H27N3O. The summed E-state index contributed by atoms with van der Waals surface area (Å²) in [4.78, 5) is 16.5. The molecule has 0 saturated carbocycles. The predicted molar refractivity (Wildman–Crippen MR) is 87.3 cm³/mol. The van der Waals surface area contributed by atoms with Crippen molar-refractivity contribution < 1.29 is 4.79 Å². The first-order valence-electron chi connectivity index (χ1n) is 7.95. The third kappa shape index (κ3) is 3.97. The fourth-order valence-corrected chi connectivity index (χ4v) is 3.02. The molecule has 1 fully saturated rings. The standard InChI is InChI=1S/C17H27N3O/c1-3-7-16(18)17(21)20-12-10-15(11-13-20)19(2)14-8-5-4-6-9-14/h4-6,8-9,15-16H,3,7,10-13,18H2,1-2H3. The molecule has 1 aromatic carbocycles. The molecule has 1 amide bonds. The van der Waals surface area contributed by atoms with E-state index in [1.54, 1.807) is 0 Å². The van der Waals surface area contributed by atoms with Gasteiger partial charge in [-0.2, -0.15) is 0 Å². The third-order valence-electron chi connectivity index (χ3n) is 4.40. The lowest BCUT2D eigenvalue weighted by Crippen LogP contribution is -2.50. The van der Waals surface area contributed by atoms with Crippen molar-refractivity contribution in [3.05, 3.63) is 30.3 Å². The molecule has 4 nitrogen and oxygen atoms in total. The quantitative estimate of drug-likeness (QED) is 0.904. The minimum atomic E-state index is -0.321. The molecule has 1 unspecified atom stereocenters. The first-order valence-corrected chi connectivity index (χ1v) is 7.95. The normalized spacial score (nSPS) is 17.6. The van der Waals surface area contributed by atoms with Crippen LogP contribution in [0.4, 0.5) is 5.69 Å². The number of piperidine rings is 1. The van der Waals surface area contributed by atoms with Crippen LogP contribution in [0.25, 0.3) is 0 Å². The number of likely N-dealkylation sites (tertiary alicyclic amines) is 1. The molecule has 1 aromatic rings. The van der Waals surface area contributed by atoms with E-state index in [0.717, 1.165) is 38.8 Å². The number of carbonyl (C=O) groups excluding carboxylic acids is 1. The smallest absolute Gasteiger partial charge is 0.239 e. The van der Waals surface area contributed by atoms with Crippen molar-refractivity contribution in [3.63, 3.8) is 0 Å². The molecule has 1 aliphatic heterocycles. The number of amides is 1. The van der Waals surface area contributed by atoms with Gasteiger partial charge in [-0.25, -0.2) is 0 Å². The van der Waals surface area contributed by atoms with Gasteiger partial charge in [0, 0.05) is 31.9 Å². The molecule has 0 aromatic heterocycles. The van der Waals surface area contributed by atoms with E-state index >= 15 is 0 Å². The van der Waals surface area contributed by atoms with E-state index in [-0.39, 0.29) is 11.9 Å². The van der Waals surface area contributed by atoms with E-state index < -0.39 is 0 Å². The SMILES string of the molecule is CCCC(N)C(=O)N1CCC(N(C)c2ccccc2)CC1. The number of benzene rings is 1. The monoisotopic (exact) mass is 289 g/mol. The van der Waals surface area contributed by atoms with Gasteiger partial charge in [-0.3, -0.25) is 4.79 Å². The fourth-order valence-electron chi connectivity index (χ4n) is 3.02. The number of para-hydroxylation sites is 1. The number of nitrogens with two attached hydrogens (primary N) is 1. The predicted octanol–water partition coefficient (Wildman–Crippen LogP) is 2.24.